The minimum absolute atomic E-state index is 0.0307. The van der Waals surface area contributed by atoms with Gasteiger partial charge in [0.05, 0.1) is 24.9 Å². The van der Waals surface area contributed by atoms with Gasteiger partial charge in [-0.05, 0) is 131 Å². The van der Waals surface area contributed by atoms with Crippen LogP contribution in [0.4, 0.5) is 17.6 Å². The zero-order valence-electron chi connectivity index (χ0n) is 76.0. The molecule has 21 heteroatoms. The van der Waals surface area contributed by atoms with E-state index in [1.807, 2.05) is 190 Å². The number of carbonyl (C=O) groups excluding carboxylic acids is 8. The van der Waals surface area contributed by atoms with Gasteiger partial charge in [0.2, 0.25) is 0 Å². The highest BCUT2D eigenvalue weighted by molar-refractivity contribution is 8.00. The molecule has 0 aliphatic heterocycles. The number of hydrogen-bond acceptors (Lipinski definition) is 15. The van der Waals surface area contributed by atoms with Crippen molar-refractivity contribution in [3.8, 4) is 0 Å². The number of nitrogens with zero attached hydrogens (tertiary/aromatic N) is 1. The Kier molecular flexibility index (Phi) is 96.0. The summed E-state index contributed by atoms with van der Waals surface area (Å²) in [6.07, 6.45) is 3.45. The summed E-state index contributed by atoms with van der Waals surface area (Å²) in [5, 5.41) is 15.5. The van der Waals surface area contributed by atoms with Crippen molar-refractivity contribution >= 4 is 77.2 Å². The number of halogens is 4. The summed E-state index contributed by atoms with van der Waals surface area (Å²) in [4.78, 5) is 86.4. The summed E-state index contributed by atoms with van der Waals surface area (Å²) in [7, 11) is -0.675. The van der Waals surface area contributed by atoms with Gasteiger partial charge in [0, 0.05) is 96.0 Å². The molecule has 0 aromatic heterocycles. The average Bonchev–Trinajstić information content (AvgIpc) is 0.940. The number of Topliss-reactive ketones (excluding diaryl/α,β-unsaturated/α-hetero) is 8. The molecule has 0 spiro atoms. The first-order valence-electron chi connectivity index (χ1n) is 38.2. The van der Waals surface area contributed by atoms with E-state index in [2.05, 4.69) is 54.3 Å². The number of sulfone groups is 1. The van der Waals surface area contributed by atoms with E-state index in [9.17, 15) is 68.5 Å². The summed E-state index contributed by atoms with van der Waals surface area (Å²) in [5.74, 6) is 9.36. The van der Waals surface area contributed by atoms with Crippen LogP contribution in [0.15, 0.2) is 24.3 Å². The van der Waals surface area contributed by atoms with E-state index in [4.69, 9.17) is 16.2 Å². The van der Waals surface area contributed by atoms with Gasteiger partial charge in [-0.1, -0.05) is 247 Å². The Morgan fingerprint density at radius 2 is 0.792 bits per heavy atom. The van der Waals surface area contributed by atoms with E-state index in [-0.39, 0.29) is 118 Å². The standard InChI is InChI=1S/C10H13F.C8H16O.C7H15NO.C7H14O2.C7H14O.C6H12O.C6H14.C5H9F3.C5H11NO.C5H11N.C5H12OS.2C5H10O.C4H10O2S/c1-8(2)7-9-3-5-10(11)6-4-9;1-6(2)5-8(9)7(3)4;1-6(2)7(9)5-8(3)4;1-5(2)7(9)6(3)4-8;1-5(2)7(8)6(3)4;1-5(2)4-6(3)7;1-4-5-6(2)3;1-4(2)3-5(6,7)8;1-4(2)5(7)3-6;1-4(2)5(3)6;1-5(2)7(3,4)6;2*1-4(2)5(3)6;1-4(2)7(3,5)6/h3-6,8H,7H2,1-2H3;6-7H,5H2,1-4H3;6H,5H2,1-4H3;5-6,8H,4H2,1-3H3;5-6H,1-4H3;5H,4H2,1-3H3;6H,4-5H2,1-3H3;4H,3H2,1-2H3;4H,3,6H2,1-2H3;4,6H,1-3H3;5H,3H2,1-2,4H3;2*4H,1-3H3;4H,1-3H3. The Morgan fingerprint density at radius 1 is 0.491 bits per heavy atom. The molecule has 1 aromatic carbocycles. The number of ketones is 8. The van der Waals surface area contributed by atoms with Crippen LogP contribution >= 0.6 is 0 Å². The normalized spacial score (nSPS) is 11.4. The van der Waals surface area contributed by atoms with Gasteiger partial charge in [-0.3, -0.25) is 37.8 Å². The molecule has 106 heavy (non-hydrogen) atoms. The number of alkyl halides is 3. The van der Waals surface area contributed by atoms with Crippen LogP contribution in [0.25, 0.3) is 0 Å². The number of aliphatic hydroxyl groups is 1. The molecule has 0 amide bonds. The van der Waals surface area contributed by atoms with E-state index in [0.717, 1.165) is 30.9 Å². The van der Waals surface area contributed by atoms with E-state index in [1.165, 1.54) is 36.8 Å². The van der Waals surface area contributed by atoms with Gasteiger partial charge in [-0.25, -0.2) is 12.8 Å². The molecule has 0 saturated heterocycles. The third kappa shape index (κ3) is 132. The quantitative estimate of drug-likeness (QED) is 0.0467. The van der Waals surface area contributed by atoms with Crippen LogP contribution in [0.1, 0.15) is 301 Å². The Bertz CT molecular complexity index is 2430. The molecule has 1 aromatic rings. The van der Waals surface area contributed by atoms with Crippen molar-refractivity contribution in [1.82, 2.24) is 4.90 Å². The molecule has 2 atom stereocenters. The van der Waals surface area contributed by atoms with Crippen molar-refractivity contribution in [3.63, 3.8) is 0 Å². The fourth-order valence-electron chi connectivity index (χ4n) is 5.40. The Hall–Kier alpha value is -4.18. The maximum Gasteiger partial charge on any atom is 0.389 e. The molecule has 0 aliphatic carbocycles. The molecular formula is C85H171F4N3O12S2. The van der Waals surface area contributed by atoms with E-state index in [0.29, 0.717) is 47.6 Å². The van der Waals surface area contributed by atoms with E-state index < -0.39 is 32.0 Å². The van der Waals surface area contributed by atoms with Gasteiger partial charge in [-0.15, -0.1) is 0 Å². The molecule has 0 radical (unpaired) electrons. The fourth-order valence-corrected chi connectivity index (χ4v) is 5.40. The van der Waals surface area contributed by atoms with E-state index >= 15 is 0 Å². The van der Waals surface area contributed by atoms with Crippen LogP contribution in [0.2, 0.25) is 0 Å². The highest BCUT2D eigenvalue weighted by atomic mass is 32.2. The number of benzene rings is 1. The summed E-state index contributed by atoms with van der Waals surface area (Å²) >= 11 is 0. The lowest BCUT2D eigenvalue weighted by molar-refractivity contribution is -0.142. The number of nitrogens with one attached hydrogen (secondary N) is 1. The maximum atomic E-state index is 12.4. The minimum atomic E-state index is -3.98. The summed E-state index contributed by atoms with van der Waals surface area (Å²) in [6.45, 7) is 73.1. The molecule has 2 unspecified atom stereocenters. The Labute approximate surface area is 652 Å². The first-order valence-corrected chi connectivity index (χ1v) is 42.3. The van der Waals surface area contributed by atoms with Crippen LogP contribution in [0, 0.1) is 100.0 Å². The number of carbonyl (C=O) groups is 8. The predicted molar refractivity (Wildman–Crippen MR) is 453 cm³/mol. The van der Waals surface area contributed by atoms with Crippen LogP contribution in [-0.2, 0) is 64.1 Å². The average molecular weight is 1570 g/mol. The molecular weight excluding hydrogens is 1400 g/mol. The van der Waals surface area contributed by atoms with Crippen molar-refractivity contribution in [1.29, 1.82) is 5.41 Å². The second kappa shape index (κ2) is 77.5. The predicted octanol–water partition coefficient (Wildman–Crippen LogP) is 20.9. The second-order valence-electron chi connectivity index (χ2n) is 32.5. The van der Waals surface area contributed by atoms with Crippen molar-refractivity contribution < 1.29 is 73.7 Å². The smallest absolute Gasteiger partial charge is 0.389 e. The van der Waals surface area contributed by atoms with E-state index in [1.54, 1.807) is 61.6 Å². The topological polar surface area (TPSA) is 261 Å². The number of aliphatic hydroxyl groups excluding tert-OH is 1. The van der Waals surface area contributed by atoms with Crippen molar-refractivity contribution in [2.24, 2.45) is 94.5 Å². The first-order chi connectivity index (χ1) is 47.2. The molecule has 4 N–H and O–H groups in total. The monoisotopic (exact) mass is 1570 g/mol. The van der Waals surface area contributed by atoms with Gasteiger partial charge in [0.25, 0.3) is 0 Å². The fraction of sp³-hybridized carbons (Fsp3) is 0.812. The third-order valence-electron chi connectivity index (χ3n) is 13.8. The molecule has 15 nitrogen and oxygen atoms in total. The largest absolute Gasteiger partial charge is 0.396 e. The highest BCUT2D eigenvalue weighted by Crippen LogP contribution is 2.24. The van der Waals surface area contributed by atoms with Crippen LogP contribution < -0.4 is 5.73 Å². The summed E-state index contributed by atoms with van der Waals surface area (Å²) < 4.78 is 77.8. The van der Waals surface area contributed by atoms with Crippen molar-refractivity contribution in [2.45, 2.75) is 318 Å². The van der Waals surface area contributed by atoms with Crippen LogP contribution in [0.3, 0.4) is 0 Å². The number of rotatable bonds is 25. The van der Waals surface area contributed by atoms with Crippen molar-refractivity contribution in [2.75, 3.05) is 46.3 Å². The lowest BCUT2D eigenvalue weighted by Crippen LogP contribution is -2.24. The van der Waals surface area contributed by atoms with Gasteiger partial charge in [-0.2, -0.15) is 13.2 Å². The number of nitrogens with two attached hydrogens (primary N) is 1. The maximum absolute atomic E-state index is 12.4. The zero-order valence-corrected chi connectivity index (χ0v) is 77.6. The van der Waals surface area contributed by atoms with Gasteiger partial charge in [0.15, 0.2) is 0 Å². The molecule has 0 heterocycles. The molecule has 638 valence electrons. The molecule has 0 fully saturated rings. The van der Waals surface area contributed by atoms with Gasteiger partial charge in [0.1, 0.15) is 61.9 Å². The third-order valence-corrected chi connectivity index (χ3v) is 17.5. The highest BCUT2D eigenvalue weighted by Gasteiger charge is 2.28. The molecule has 0 bridgehead atoms. The van der Waals surface area contributed by atoms with Crippen LogP contribution in [0.5, 0.6) is 0 Å². The van der Waals surface area contributed by atoms with Gasteiger partial charge < -0.3 is 25.9 Å². The number of hydrogen-bond donors (Lipinski definition) is 3. The Morgan fingerprint density at radius 3 is 0.868 bits per heavy atom. The summed E-state index contributed by atoms with van der Waals surface area (Å²) in [6, 6.07) is 6.71. The number of likely N-dealkylation sites (N-methyl/N-ethyl adjacent to an activating group) is 1. The molecule has 0 saturated carbocycles. The second-order valence-corrected chi connectivity index (χ2v) is 38.2. The first kappa shape index (κ1) is 131. The summed E-state index contributed by atoms with van der Waals surface area (Å²) in [5.41, 5.74) is 6.99. The lowest BCUT2D eigenvalue weighted by atomic mass is 9.98. The van der Waals surface area contributed by atoms with Gasteiger partial charge >= 0.3 is 6.18 Å². The molecule has 0 aliphatic rings. The SMILES string of the molecule is C=S(C)(=O)C(C)C.CC(=N)C(C)C.CC(=O)C(C)C.CC(=O)C(C)C.CC(=O)CC(C)C.CC(C)C(=O)C(C)C.CC(C)C(=O)C(C)CO.CC(C)C(=O)CN.CC(C)C(=O)CN(C)C.CC(C)CC(=O)C(C)C.CC(C)CC(F)(F)F.CC(C)Cc1ccc(F)cc1.CC(C)S(C)(=O)=O.CCCC(C)C. The Balaban J connectivity index is -0.0000000802. The lowest BCUT2D eigenvalue weighted by Gasteiger charge is -2.09. The minimum Gasteiger partial charge on any atom is -0.396 e. The molecule has 1 rings (SSSR count). The van der Waals surface area contributed by atoms with Crippen LogP contribution in [-0.4, -0.2) is 143 Å². The zero-order chi connectivity index (χ0) is 88.4. The van der Waals surface area contributed by atoms with Crippen molar-refractivity contribution in [3.05, 3.63) is 35.6 Å².